The highest BCUT2D eigenvalue weighted by Crippen LogP contribution is 2.18. The molecule has 0 radical (unpaired) electrons. The number of hydrogen-bond acceptors (Lipinski definition) is 4. The fourth-order valence-corrected chi connectivity index (χ4v) is 2.77. The molecule has 20 heavy (non-hydrogen) atoms. The number of thiophene rings is 1. The summed E-state index contributed by atoms with van der Waals surface area (Å²) in [5, 5.41) is 3.18. The van der Waals surface area contributed by atoms with Crippen LogP contribution >= 0.6 is 11.3 Å². The summed E-state index contributed by atoms with van der Waals surface area (Å²) in [4.78, 5) is 40.0. The highest BCUT2D eigenvalue weighted by atomic mass is 32.1. The van der Waals surface area contributed by atoms with Crippen LogP contribution in [-0.2, 0) is 11.3 Å². The van der Waals surface area contributed by atoms with Crippen LogP contribution in [0.1, 0.15) is 25.1 Å². The molecule has 1 unspecified atom stereocenters. The zero-order chi connectivity index (χ0) is 14.9. The van der Waals surface area contributed by atoms with Gasteiger partial charge in [0.2, 0.25) is 5.91 Å². The molecule has 0 bridgehead atoms. The van der Waals surface area contributed by atoms with Crippen molar-refractivity contribution in [1.82, 2.24) is 14.9 Å². The highest BCUT2D eigenvalue weighted by molar-refractivity contribution is 7.18. The van der Waals surface area contributed by atoms with Crippen molar-refractivity contribution in [3.05, 3.63) is 31.8 Å². The molecule has 0 aromatic carbocycles. The molecular formula is C13H17N3O3S. The predicted molar refractivity (Wildman–Crippen MR) is 79.3 cm³/mol. The lowest BCUT2D eigenvalue weighted by molar-refractivity contribution is -0.122. The van der Waals surface area contributed by atoms with E-state index in [1.807, 2.05) is 20.8 Å². The van der Waals surface area contributed by atoms with Gasteiger partial charge < -0.3 is 5.32 Å². The van der Waals surface area contributed by atoms with Crippen molar-refractivity contribution in [3.63, 3.8) is 0 Å². The molecule has 0 aliphatic rings. The molecule has 0 spiro atoms. The van der Waals surface area contributed by atoms with Crippen molar-refractivity contribution < 1.29 is 4.79 Å². The number of hydrogen-bond donors (Lipinski definition) is 2. The third-order valence-corrected chi connectivity index (χ3v) is 4.08. The lowest BCUT2D eigenvalue weighted by atomic mass is 10.2. The Balaban J connectivity index is 2.37. The van der Waals surface area contributed by atoms with E-state index in [1.165, 1.54) is 11.3 Å². The fourth-order valence-electron chi connectivity index (χ4n) is 1.88. The number of nitrogens with zero attached hydrogens (tertiary/aromatic N) is 1. The second kappa shape index (κ2) is 5.62. The Kier molecular flexibility index (Phi) is 4.08. The van der Waals surface area contributed by atoms with Crippen molar-refractivity contribution in [2.24, 2.45) is 0 Å². The van der Waals surface area contributed by atoms with Crippen LogP contribution in [0.2, 0.25) is 0 Å². The Morgan fingerprint density at radius 3 is 2.85 bits per heavy atom. The van der Waals surface area contributed by atoms with Gasteiger partial charge in [-0.2, -0.15) is 0 Å². The minimum atomic E-state index is -0.552. The maximum atomic E-state index is 12.2. The van der Waals surface area contributed by atoms with Crippen LogP contribution in [-0.4, -0.2) is 21.5 Å². The summed E-state index contributed by atoms with van der Waals surface area (Å²) in [6.45, 7) is 5.42. The molecule has 7 heteroatoms. The molecule has 2 heterocycles. The summed E-state index contributed by atoms with van der Waals surface area (Å²) < 4.78 is 0.937. The first-order valence-electron chi connectivity index (χ1n) is 6.45. The van der Waals surface area contributed by atoms with E-state index in [-0.39, 0.29) is 18.5 Å². The van der Waals surface area contributed by atoms with E-state index >= 15 is 0 Å². The van der Waals surface area contributed by atoms with Crippen molar-refractivity contribution in [3.8, 4) is 0 Å². The third-order valence-electron chi connectivity index (χ3n) is 3.12. The number of aromatic nitrogens is 2. The van der Waals surface area contributed by atoms with Gasteiger partial charge in [-0.15, -0.1) is 11.3 Å². The van der Waals surface area contributed by atoms with Crippen LogP contribution in [0, 0.1) is 6.92 Å². The Bertz CT molecular complexity index is 756. The predicted octanol–water partition coefficient (Wildman–Crippen LogP) is 0.974. The number of aromatic amines is 1. The second-order valence-electron chi connectivity index (χ2n) is 4.80. The zero-order valence-electron chi connectivity index (χ0n) is 11.6. The van der Waals surface area contributed by atoms with E-state index in [1.54, 1.807) is 6.07 Å². The van der Waals surface area contributed by atoms with Crippen LogP contribution in [0.15, 0.2) is 15.7 Å². The van der Waals surface area contributed by atoms with Crippen LogP contribution in [0.5, 0.6) is 0 Å². The Morgan fingerprint density at radius 1 is 1.50 bits per heavy atom. The Hall–Kier alpha value is -1.89. The number of aryl methyl sites for hydroxylation is 1. The molecule has 6 nitrogen and oxygen atoms in total. The number of amides is 1. The quantitative estimate of drug-likeness (QED) is 0.881. The average Bonchev–Trinajstić information content (AvgIpc) is 2.75. The molecule has 0 saturated heterocycles. The second-order valence-corrected chi connectivity index (χ2v) is 6.05. The number of rotatable bonds is 4. The summed E-state index contributed by atoms with van der Waals surface area (Å²) in [5.74, 6) is -0.335. The van der Waals surface area contributed by atoms with Gasteiger partial charge in [-0.05, 0) is 26.3 Å². The van der Waals surface area contributed by atoms with Gasteiger partial charge in [0.15, 0.2) is 0 Å². The molecule has 0 aliphatic carbocycles. The molecule has 0 aliphatic heterocycles. The molecule has 2 rings (SSSR count). The normalized spacial score (nSPS) is 12.6. The minimum absolute atomic E-state index is 0.0180. The molecular weight excluding hydrogens is 278 g/mol. The Morgan fingerprint density at radius 2 is 2.20 bits per heavy atom. The third kappa shape index (κ3) is 2.82. The lowest BCUT2D eigenvalue weighted by Crippen LogP contribution is -2.42. The first-order chi connectivity index (χ1) is 9.42. The molecule has 2 N–H and O–H groups in total. The first-order valence-corrected chi connectivity index (χ1v) is 7.26. The first kappa shape index (κ1) is 14.5. The number of carbonyl (C=O) groups is 1. The SMILES string of the molecule is CCC(C)NC(=O)Cn1c(=O)[nH]c2sc(C)cc2c1=O. The molecule has 2 aromatic heterocycles. The summed E-state index contributed by atoms with van der Waals surface area (Å²) in [5.41, 5.74) is -0.976. The highest BCUT2D eigenvalue weighted by Gasteiger charge is 2.13. The van der Waals surface area contributed by atoms with Gasteiger partial charge in [-0.25, -0.2) is 4.79 Å². The van der Waals surface area contributed by atoms with Crippen molar-refractivity contribution in [2.45, 2.75) is 39.8 Å². The van der Waals surface area contributed by atoms with Crippen molar-refractivity contribution in [1.29, 1.82) is 0 Å². The van der Waals surface area contributed by atoms with Crippen LogP contribution in [0.25, 0.3) is 10.2 Å². The summed E-state index contributed by atoms with van der Waals surface area (Å²) in [6, 6.07) is 1.74. The summed E-state index contributed by atoms with van der Waals surface area (Å²) in [6.07, 6.45) is 0.791. The standard InChI is InChI=1S/C13H17N3O3S/c1-4-7(2)14-10(17)6-16-12(18)9-5-8(3)20-11(9)15-13(16)19/h5,7H,4,6H2,1-3H3,(H,14,17)(H,15,19). The average molecular weight is 295 g/mol. The monoisotopic (exact) mass is 295 g/mol. The lowest BCUT2D eigenvalue weighted by Gasteiger charge is -2.11. The summed E-state index contributed by atoms with van der Waals surface area (Å²) in [7, 11) is 0. The maximum Gasteiger partial charge on any atom is 0.329 e. The maximum absolute atomic E-state index is 12.2. The van der Waals surface area contributed by atoms with Gasteiger partial charge in [-0.3, -0.25) is 19.1 Å². The van der Waals surface area contributed by atoms with E-state index < -0.39 is 11.2 Å². The van der Waals surface area contributed by atoms with Crippen LogP contribution in [0.3, 0.4) is 0 Å². The molecule has 1 amide bonds. The van der Waals surface area contributed by atoms with E-state index in [0.717, 1.165) is 15.9 Å². The minimum Gasteiger partial charge on any atom is -0.352 e. The molecule has 108 valence electrons. The molecule has 1 atom stereocenters. The van der Waals surface area contributed by atoms with E-state index in [0.29, 0.717) is 10.2 Å². The van der Waals surface area contributed by atoms with Gasteiger partial charge in [0.1, 0.15) is 11.4 Å². The van der Waals surface area contributed by atoms with Crippen LogP contribution < -0.4 is 16.6 Å². The topological polar surface area (TPSA) is 84.0 Å². The number of fused-ring (bicyclic) bond motifs is 1. The van der Waals surface area contributed by atoms with Gasteiger partial charge >= 0.3 is 5.69 Å². The van der Waals surface area contributed by atoms with Gasteiger partial charge in [0.05, 0.1) is 5.39 Å². The number of H-pyrrole nitrogens is 1. The smallest absolute Gasteiger partial charge is 0.329 e. The van der Waals surface area contributed by atoms with E-state index in [2.05, 4.69) is 10.3 Å². The van der Waals surface area contributed by atoms with Gasteiger partial charge in [0.25, 0.3) is 5.56 Å². The number of carbonyl (C=O) groups excluding carboxylic acids is 1. The largest absolute Gasteiger partial charge is 0.352 e. The Labute approximate surface area is 119 Å². The van der Waals surface area contributed by atoms with Crippen LogP contribution in [0.4, 0.5) is 0 Å². The molecule has 0 fully saturated rings. The fraction of sp³-hybridized carbons (Fsp3) is 0.462. The summed E-state index contributed by atoms with van der Waals surface area (Å²) >= 11 is 1.35. The van der Waals surface area contributed by atoms with E-state index in [4.69, 9.17) is 0 Å². The molecule has 2 aromatic rings. The zero-order valence-corrected chi connectivity index (χ0v) is 12.5. The van der Waals surface area contributed by atoms with E-state index in [9.17, 15) is 14.4 Å². The van der Waals surface area contributed by atoms with Crippen molar-refractivity contribution in [2.75, 3.05) is 0 Å². The number of nitrogens with one attached hydrogen (secondary N) is 2. The molecule has 0 saturated carbocycles. The van der Waals surface area contributed by atoms with Gasteiger partial charge in [-0.1, -0.05) is 6.92 Å². The van der Waals surface area contributed by atoms with Gasteiger partial charge in [0, 0.05) is 10.9 Å². The van der Waals surface area contributed by atoms with Crippen molar-refractivity contribution >= 4 is 27.5 Å².